The predicted molar refractivity (Wildman–Crippen MR) is 92.5 cm³/mol. The first kappa shape index (κ1) is 20.7. The second-order valence-electron chi connectivity index (χ2n) is 5.77. The van der Waals surface area contributed by atoms with E-state index in [0.29, 0.717) is 11.6 Å². The van der Waals surface area contributed by atoms with Crippen LogP contribution >= 0.6 is 0 Å². The topological polar surface area (TPSA) is 75.7 Å². The number of hydrogen-bond donors (Lipinski definition) is 1. The van der Waals surface area contributed by atoms with Crippen LogP contribution in [-0.4, -0.2) is 39.3 Å². The molecule has 0 unspecified atom stereocenters. The maximum atomic E-state index is 13.5. The second kappa shape index (κ2) is 7.97. The minimum atomic E-state index is -3.61. The molecule has 6 nitrogen and oxygen atoms in total. The molecule has 0 radical (unpaired) electrons. The van der Waals surface area contributed by atoms with Crippen LogP contribution in [0.4, 0.5) is 18.9 Å². The summed E-state index contributed by atoms with van der Waals surface area (Å²) in [7, 11) is -0.811. The van der Waals surface area contributed by atoms with Crippen LogP contribution in [0.1, 0.15) is 5.56 Å². The lowest BCUT2D eigenvalue weighted by molar-refractivity contribution is -0.118. The van der Waals surface area contributed by atoms with Crippen molar-refractivity contribution >= 4 is 21.6 Å². The highest BCUT2D eigenvalue weighted by Gasteiger charge is 2.19. The zero-order valence-electron chi connectivity index (χ0n) is 14.7. The van der Waals surface area contributed by atoms with Gasteiger partial charge >= 0.3 is 0 Å². The number of nitrogens with zero attached hydrogens (tertiary/aromatic N) is 1. The third kappa shape index (κ3) is 4.58. The number of ether oxygens (including phenoxy) is 1. The minimum Gasteiger partial charge on any atom is -0.483 e. The molecule has 0 aliphatic heterocycles. The van der Waals surface area contributed by atoms with Gasteiger partial charge in [0.1, 0.15) is 5.75 Å². The molecule has 2 rings (SSSR count). The molecule has 10 heteroatoms. The Morgan fingerprint density at radius 2 is 1.78 bits per heavy atom. The van der Waals surface area contributed by atoms with E-state index in [1.807, 2.05) is 0 Å². The molecular weight excluding hydrogens is 385 g/mol. The van der Waals surface area contributed by atoms with E-state index in [0.717, 1.165) is 10.4 Å². The molecule has 0 fully saturated rings. The van der Waals surface area contributed by atoms with Gasteiger partial charge in [-0.2, -0.15) is 0 Å². The van der Waals surface area contributed by atoms with Gasteiger partial charge in [0.05, 0.1) is 10.6 Å². The Kier molecular flexibility index (Phi) is 6.11. The number of aryl methyl sites for hydroxylation is 1. The van der Waals surface area contributed by atoms with E-state index in [9.17, 15) is 26.4 Å². The Morgan fingerprint density at radius 1 is 1.11 bits per heavy atom. The number of nitrogens with one attached hydrogen (secondary N) is 1. The fourth-order valence-electron chi connectivity index (χ4n) is 2.11. The number of hydrogen-bond acceptors (Lipinski definition) is 4. The van der Waals surface area contributed by atoms with Crippen molar-refractivity contribution in [3.05, 3.63) is 53.3 Å². The monoisotopic (exact) mass is 402 g/mol. The first-order valence-electron chi connectivity index (χ1n) is 7.63. The van der Waals surface area contributed by atoms with Gasteiger partial charge in [-0.1, -0.05) is 0 Å². The predicted octanol–water partition coefficient (Wildman–Crippen LogP) is 2.68. The van der Waals surface area contributed by atoms with E-state index < -0.39 is 45.7 Å². The number of sulfonamides is 1. The molecule has 1 amide bonds. The van der Waals surface area contributed by atoms with Crippen LogP contribution in [-0.2, 0) is 14.8 Å². The summed E-state index contributed by atoms with van der Waals surface area (Å²) in [5.74, 6) is -5.14. The number of carbonyl (C=O) groups is 1. The minimum absolute atomic E-state index is 0.0608. The number of anilines is 1. The Balaban J connectivity index is 2.07. The highest BCUT2D eigenvalue weighted by Crippen LogP contribution is 2.23. The molecule has 2 aromatic carbocycles. The van der Waals surface area contributed by atoms with E-state index in [-0.39, 0.29) is 10.6 Å². The molecule has 0 aromatic heterocycles. The van der Waals surface area contributed by atoms with Crippen molar-refractivity contribution in [1.29, 1.82) is 0 Å². The first-order valence-corrected chi connectivity index (χ1v) is 9.07. The van der Waals surface area contributed by atoms with Gasteiger partial charge < -0.3 is 10.1 Å². The number of halogens is 3. The normalized spacial score (nSPS) is 11.5. The van der Waals surface area contributed by atoms with Gasteiger partial charge in [0.25, 0.3) is 5.91 Å². The lowest BCUT2D eigenvalue weighted by Gasteiger charge is -2.14. The fourth-order valence-corrected chi connectivity index (χ4v) is 3.09. The Morgan fingerprint density at radius 3 is 2.37 bits per heavy atom. The molecule has 0 saturated heterocycles. The second-order valence-corrected chi connectivity index (χ2v) is 7.93. The van der Waals surface area contributed by atoms with Gasteiger partial charge in [0, 0.05) is 14.1 Å². The summed E-state index contributed by atoms with van der Waals surface area (Å²) in [6.45, 7) is 1.05. The molecule has 2 aromatic rings. The van der Waals surface area contributed by atoms with E-state index in [1.54, 1.807) is 6.92 Å². The summed E-state index contributed by atoms with van der Waals surface area (Å²) in [5.41, 5.74) is -0.0589. The van der Waals surface area contributed by atoms with Crippen molar-refractivity contribution in [1.82, 2.24) is 4.31 Å². The van der Waals surface area contributed by atoms with Crippen molar-refractivity contribution in [2.75, 3.05) is 26.0 Å². The molecule has 0 saturated carbocycles. The summed E-state index contributed by atoms with van der Waals surface area (Å²) in [6, 6.07) is 5.67. The van der Waals surface area contributed by atoms with Gasteiger partial charge in [0.15, 0.2) is 24.1 Å². The highest BCUT2D eigenvalue weighted by molar-refractivity contribution is 7.89. The zero-order chi connectivity index (χ0) is 20.4. The van der Waals surface area contributed by atoms with Crippen molar-refractivity contribution in [3.8, 4) is 5.75 Å². The van der Waals surface area contributed by atoms with Crippen molar-refractivity contribution < 1.29 is 31.1 Å². The maximum absolute atomic E-state index is 13.5. The summed E-state index contributed by atoms with van der Waals surface area (Å²) in [6.07, 6.45) is 0. The van der Waals surface area contributed by atoms with Crippen LogP contribution in [0.3, 0.4) is 0 Å². The number of benzene rings is 2. The van der Waals surface area contributed by atoms with E-state index >= 15 is 0 Å². The Labute approximate surface area is 154 Å². The number of rotatable bonds is 6. The lowest BCUT2D eigenvalue weighted by atomic mass is 10.2. The maximum Gasteiger partial charge on any atom is 0.262 e. The molecular formula is C17H17F3N2O4S. The van der Waals surface area contributed by atoms with Gasteiger partial charge in [-0.05, 0) is 42.8 Å². The highest BCUT2D eigenvalue weighted by atomic mass is 32.2. The van der Waals surface area contributed by atoms with E-state index in [2.05, 4.69) is 5.32 Å². The van der Waals surface area contributed by atoms with Gasteiger partial charge in [-0.15, -0.1) is 0 Å². The van der Waals surface area contributed by atoms with Crippen LogP contribution in [0.2, 0.25) is 0 Å². The quantitative estimate of drug-likeness (QED) is 0.754. The average molecular weight is 402 g/mol. The standard InChI is InChI=1S/C17H17F3N2O4S/c1-10-8-11(27(24,25)22(2)3)4-7-14(10)26-9-15(23)21-13-6-5-12(18)16(19)17(13)20/h4-8H,9H2,1-3H3,(H,21,23). The Bertz CT molecular complexity index is 978. The largest absolute Gasteiger partial charge is 0.483 e. The van der Waals surface area contributed by atoms with Crippen LogP contribution in [0.15, 0.2) is 35.2 Å². The van der Waals surface area contributed by atoms with Crippen LogP contribution < -0.4 is 10.1 Å². The molecule has 0 bridgehead atoms. The van der Waals surface area contributed by atoms with E-state index in [1.165, 1.54) is 32.3 Å². The molecule has 0 aliphatic carbocycles. The van der Waals surface area contributed by atoms with Gasteiger partial charge in [-0.25, -0.2) is 25.9 Å². The van der Waals surface area contributed by atoms with Crippen LogP contribution in [0.25, 0.3) is 0 Å². The third-order valence-corrected chi connectivity index (χ3v) is 5.40. The van der Waals surface area contributed by atoms with Crippen molar-refractivity contribution in [3.63, 3.8) is 0 Å². The van der Waals surface area contributed by atoms with E-state index in [4.69, 9.17) is 4.74 Å². The smallest absolute Gasteiger partial charge is 0.262 e. The molecule has 0 aliphatic rings. The molecule has 0 atom stereocenters. The number of carbonyl (C=O) groups excluding carboxylic acids is 1. The lowest BCUT2D eigenvalue weighted by Crippen LogP contribution is -2.23. The summed E-state index contributed by atoms with van der Waals surface area (Å²) < 4.78 is 70.1. The van der Waals surface area contributed by atoms with Crippen molar-refractivity contribution in [2.24, 2.45) is 0 Å². The third-order valence-electron chi connectivity index (χ3n) is 3.59. The Hall–Kier alpha value is -2.59. The van der Waals surface area contributed by atoms with Crippen LogP contribution in [0, 0.1) is 24.4 Å². The summed E-state index contributed by atoms with van der Waals surface area (Å²) >= 11 is 0. The summed E-state index contributed by atoms with van der Waals surface area (Å²) in [4.78, 5) is 11.9. The molecule has 0 heterocycles. The average Bonchev–Trinajstić information content (AvgIpc) is 2.61. The zero-order valence-corrected chi connectivity index (χ0v) is 15.5. The van der Waals surface area contributed by atoms with Crippen molar-refractivity contribution in [2.45, 2.75) is 11.8 Å². The van der Waals surface area contributed by atoms with Gasteiger partial charge in [0.2, 0.25) is 10.0 Å². The molecule has 0 spiro atoms. The fraction of sp³-hybridized carbons (Fsp3) is 0.235. The first-order chi connectivity index (χ1) is 12.5. The number of amides is 1. The SMILES string of the molecule is Cc1cc(S(=O)(=O)N(C)C)ccc1OCC(=O)Nc1ccc(F)c(F)c1F. The van der Waals surface area contributed by atoms with Gasteiger partial charge in [-0.3, -0.25) is 4.79 Å². The molecule has 1 N–H and O–H groups in total. The molecule has 146 valence electrons. The molecule has 27 heavy (non-hydrogen) atoms. The van der Waals surface area contributed by atoms with Crippen LogP contribution in [0.5, 0.6) is 5.75 Å². The summed E-state index contributed by atoms with van der Waals surface area (Å²) in [5, 5.41) is 2.07.